The predicted octanol–water partition coefficient (Wildman–Crippen LogP) is 3.54. The number of aliphatic hydroxyl groups is 1. The minimum atomic E-state index is 0.206. The second-order valence-electron chi connectivity index (χ2n) is 7.05. The van der Waals surface area contributed by atoms with Crippen molar-refractivity contribution in [3.05, 3.63) is 35.9 Å². The van der Waals surface area contributed by atoms with Gasteiger partial charge in [-0.3, -0.25) is 0 Å². The number of aliphatic hydroxyl groups excluding tert-OH is 1. The lowest BCUT2D eigenvalue weighted by Crippen LogP contribution is -2.46. The highest BCUT2D eigenvalue weighted by molar-refractivity contribution is 5.16. The molecule has 0 heterocycles. The van der Waals surface area contributed by atoms with Crippen molar-refractivity contribution >= 4 is 0 Å². The van der Waals surface area contributed by atoms with Crippen molar-refractivity contribution in [1.82, 2.24) is 5.32 Å². The van der Waals surface area contributed by atoms with Gasteiger partial charge in [0.05, 0.1) is 6.61 Å². The van der Waals surface area contributed by atoms with Gasteiger partial charge in [0.25, 0.3) is 0 Å². The predicted molar refractivity (Wildman–Crippen MR) is 87.2 cm³/mol. The molecule has 4 atom stereocenters. The first-order chi connectivity index (χ1) is 10.3. The molecule has 21 heavy (non-hydrogen) atoms. The van der Waals surface area contributed by atoms with Crippen molar-refractivity contribution < 1.29 is 5.11 Å². The average molecular weight is 287 g/mol. The molecule has 0 aromatic heterocycles. The fourth-order valence-corrected chi connectivity index (χ4v) is 4.43. The Morgan fingerprint density at radius 3 is 2.52 bits per heavy atom. The summed E-state index contributed by atoms with van der Waals surface area (Å²) >= 11 is 0. The van der Waals surface area contributed by atoms with Crippen LogP contribution in [0.25, 0.3) is 0 Å². The Hall–Kier alpha value is -0.860. The van der Waals surface area contributed by atoms with Crippen molar-refractivity contribution in [3.63, 3.8) is 0 Å². The molecule has 2 fully saturated rings. The molecule has 2 aliphatic carbocycles. The first-order valence-corrected chi connectivity index (χ1v) is 8.76. The van der Waals surface area contributed by atoms with Crippen LogP contribution >= 0.6 is 0 Å². The molecule has 3 rings (SSSR count). The molecule has 0 saturated heterocycles. The summed E-state index contributed by atoms with van der Waals surface area (Å²) in [6.07, 6.45) is 10.7. The third kappa shape index (κ3) is 4.08. The van der Waals surface area contributed by atoms with Crippen molar-refractivity contribution in [2.45, 2.75) is 63.5 Å². The van der Waals surface area contributed by atoms with Crippen molar-refractivity contribution in [3.8, 4) is 0 Å². The van der Waals surface area contributed by atoms with Crippen LogP contribution in [0.3, 0.4) is 0 Å². The van der Waals surface area contributed by atoms with Gasteiger partial charge in [-0.15, -0.1) is 0 Å². The first kappa shape index (κ1) is 15.1. The lowest BCUT2D eigenvalue weighted by molar-refractivity contribution is 0.129. The fraction of sp³-hybridized carbons (Fsp3) is 0.684. The van der Waals surface area contributed by atoms with Crippen LogP contribution in [0, 0.1) is 11.8 Å². The van der Waals surface area contributed by atoms with Crippen LogP contribution in [0.5, 0.6) is 0 Å². The Bertz CT molecular complexity index is 419. The molecule has 1 aromatic carbocycles. The van der Waals surface area contributed by atoms with Crippen LogP contribution < -0.4 is 5.32 Å². The summed E-state index contributed by atoms with van der Waals surface area (Å²) in [4.78, 5) is 0. The monoisotopic (exact) mass is 287 g/mol. The van der Waals surface area contributed by atoms with Gasteiger partial charge in [-0.1, -0.05) is 56.0 Å². The summed E-state index contributed by atoms with van der Waals surface area (Å²) in [5.41, 5.74) is 1.32. The second kappa shape index (κ2) is 7.42. The topological polar surface area (TPSA) is 32.3 Å². The Morgan fingerprint density at radius 1 is 1.00 bits per heavy atom. The average Bonchev–Trinajstić information content (AvgIpc) is 2.55. The van der Waals surface area contributed by atoms with Gasteiger partial charge in [0.1, 0.15) is 0 Å². The van der Waals surface area contributed by atoms with Crippen molar-refractivity contribution in [2.75, 3.05) is 6.61 Å². The van der Waals surface area contributed by atoms with E-state index in [-0.39, 0.29) is 12.6 Å². The molecule has 2 saturated carbocycles. The third-order valence-corrected chi connectivity index (χ3v) is 5.56. The summed E-state index contributed by atoms with van der Waals surface area (Å²) in [6, 6.07) is 11.3. The Balaban J connectivity index is 1.52. The molecule has 0 aliphatic heterocycles. The highest BCUT2D eigenvalue weighted by Crippen LogP contribution is 2.40. The molecule has 2 heteroatoms. The Kier molecular flexibility index (Phi) is 5.32. The van der Waals surface area contributed by atoms with E-state index in [1.54, 1.807) is 0 Å². The smallest absolute Gasteiger partial charge is 0.0587 e. The molecule has 0 radical (unpaired) electrons. The minimum Gasteiger partial charge on any atom is -0.395 e. The maximum atomic E-state index is 9.69. The van der Waals surface area contributed by atoms with Crippen LogP contribution in [-0.4, -0.2) is 23.8 Å². The number of benzene rings is 1. The standard InChI is InChI=1S/C19H29NO/c21-14-19(12-15-6-2-1-3-7-15)20-18-11-10-16-8-4-5-9-17(16)13-18/h1-3,6-7,16-21H,4-5,8-14H2/t16?,17?,18?,19-/m1/s1. The van der Waals surface area contributed by atoms with E-state index in [1.165, 1.54) is 50.5 Å². The molecule has 1 aromatic rings. The van der Waals surface area contributed by atoms with E-state index in [0.717, 1.165) is 18.3 Å². The van der Waals surface area contributed by atoms with Crippen molar-refractivity contribution in [2.24, 2.45) is 11.8 Å². The highest BCUT2D eigenvalue weighted by atomic mass is 16.3. The van der Waals surface area contributed by atoms with Gasteiger partial charge in [0, 0.05) is 12.1 Å². The maximum Gasteiger partial charge on any atom is 0.0587 e. The van der Waals surface area contributed by atoms with Crippen LogP contribution in [0.4, 0.5) is 0 Å². The van der Waals surface area contributed by atoms with Gasteiger partial charge >= 0.3 is 0 Å². The number of hydrogen-bond donors (Lipinski definition) is 2. The Labute approximate surface area is 129 Å². The zero-order valence-electron chi connectivity index (χ0n) is 13.0. The van der Waals surface area contributed by atoms with Gasteiger partial charge in [0.15, 0.2) is 0 Å². The summed E-state index contributed by atoms with van der Waals surface area (Å²) in [6.45, 7) is 0.236. The Morgan fingerprint density at radius 2 is 1.76 bits per heavy atom. The highest BCUT2D eigenvalue weighted by Gasteiger charge is 2.32. The van der Waals surface area contributed by atoms with Gasteiger partial charge in [0.2, 0.25) is 0 Å². The van der Waals surface area contributed by atoms with Gasteiger partial charge in [-0.05, 0) is 43.1 Å². The lowest BCUT2D eigenvalue weighted by atomic mass is 9.69. The quantitative estimate of drug-likeness (QED) is 0.868. The third-order valence-electron chi connectivity index (χ3n) is 5.56. The molecule has 2 N–H and O–H groups in total. The van der Waals surface area contributed by atoms with Crippen molar-refractivity contribution in [1.29, 1.82) is 0 Å². The van der Waals surface area contributed by atoms with Crippen LogP contribution in [0.1, 0.15) is 50.5 Å². The first-order valence-electron chi connectivity index (χ1n) is 8.76. The molecule has 0 spiro atoms. The van der Waals surface area contributed by atoms with E-state index in [1.807, 2.05) is 0 Å². The molecular formula is C19H29NO. The minimum absolute atomic E-state index is 0.206. The number of rotatable bonds is 5. The fourth-order valence-electron chi connectivity index (χ4n) is 4.43. The molecule has 2 nitrogen and oxygen atoms in total. The molecule has 116 valence electrons. The van der Waals surface area contributed by atoms with E-state index < -0.39 is 0 Å². The van der Waals surface area contributed by atoms with E-state index >= 15 is 0 Å². The van der Waals surface area contributed by atoms with Gasteiger partial charge < -0.3 is 10.4 Å². The summed E-state index contributed by atoms with van der Waals surface area (Å²) in [5.74, 6) is 1.94. The molecule has 3 unspecified atom stereocenters. The van der Waals surface area contributed by atoms with Crippen LogP contribution in [0.2, 0.25) is 0 Å². The normalized spacial score (nSPS) is 30.6. The largest absolute Gasteiger partial charge is 0.395 e. The zero-order chi connectivity index (χ0) is 14.5. The van der Waals surface area contributed by atoms with E-state index in [0.29, 0.717) is 6.04 Å². The number of fused-ring (bicyclic) bond motifs is 1. The van der Waals surface area contributed by atoms with Gasteiger partial charge in [-0.2, -0.15) is 0 Å². The van der Waals surface area contributed by atoms with Gasteiger partial charge in [-0.25, -0.2) is 0 Å². The van der Waals surface area contributed by atoms with Crippen LogP contribution in [-0.2, 0) is 6.42 Å². The van der Waals surface area contributed by atoms with E-state index in [4.69, 9.17) is 0 Å². The number of nitrogens with one attached hydrogen (secondary N) is 1. The lowest BCUT2D eigenvalue weighted by Gasteiger charge is -2.40. The summed E-state index contributed by atoms with van der Waals surface area (Å²) < 4.78 is 0. The molecular weight excluding hydrogens is 258 g/mol. The van der Waals surface area contributed by atoms with E-state index in [9.17, 15) is 5.11 Å². The summed E-state index contributed by atoms with van der Waals surface area (Å²) in [5, 5.41) is 13.4. The SMILES string of the molecule is OC[C@@H](Cc1ccccc1)NC1CCC2CCCCC2C1. The maximum absolute atomic E-state index is 9.69. The second-order valence-corrected chi connectivity index (χ2v) is 7.05. The number of hydrogen-bond acceptors (Lipinski definition) is 2. The van der Waals surface area contributed by atoms with E-state index in [2.05, 4.69) is 35.6 Å². The molecule has 0 amide bonds. The summed E-state index contributed by atoms with van der Waals surface area (Å²) in [7, 11) is 0. The zero-order valence-corrected chi connectivity index (χ0v) is 13.0. The van der Waals surface area contributed by atoms with Crippen LogP contribution in [0.15, 0.2) is 30.3 Å². The molecule has 2 aliphatic rings. The molecule has 0 bridgehead atoms.